The van der Waals surface area contributed by atoms with E-state index in [0.29, 0.717) is 4.90 Å². The zero-order valence-corrected chi connectivity index (χ0v) is 12.8. The lowest BCUT2D eigenvalue weighted by Gasteiger charge is -2.15. The molecule has 2 rings (SSSR count). The molecule has 0 radical (unpaired) electrons. The molecule has 1 aliphatic rings. The Balaban J connectivity index is 1.90. The summed E-state index contributed by atoms with van der Waals surface area (Å²) in [6, 6.07) is 3.82. The van der Waals surface area contributed by atoms with Crippen LogP contribution in [0.25, 0.3) is 0 Å². The highest BCUT2D eigenvalue weighted by Gasteiger charge is 2.30. The van der Waals surface area contributed by atoms with Gasteiger partial charge in [-0.05, 0) is 62.3 Å². The Hall–Kier alpha value is -0.720. The van der Waals surface area contributed by atoms with E-state index in [1.54, 1.807) is 0 Å². The lowest BCUT2D eigenvalue weighted by Crippen LogP contribution is -2.20. The van der Waals surface area contributed by atoms with Gasteiger partial charge in [-0.1, -0.05) is 6.07 Å². The number of rotatable bonds is 6. The average molecular weight is 318 g/mol. The van der Waals surface area contributed by atoms with Crippen molar-refractivity contribution in [3.05, 3.63) is 29.3 Å². The van der Waals surface area contributed by atoms with E-state index in [2.05, 4.69) is 4.90 Å². The molecule has 0 spiro atoms. The number of benzene rings is 1. The number of hydrogen-bond acceptors (Lipinski definition) is 3. The standard InChI is InChI=1S/C15H21F3N2S/c16-15(17,18)13-5-4-12(11-19)14(10-13)21-9-3-8-20-6-1-2-7-20/h4-5,10H,1-3,6-9,11,19H2. The van der Waals surface area contributed by atoms with E-state index >= 15 is 0 Å². The van der Waals surface area contributed by atoms with Crippen LogP contribution in [-0.2, 0) is 12.7 Å². The van der Waals surface area contributed by atoms with Gasteiger partial charge < -0.3 is 10.6 Å². The molecule has 1 saturated heterocycles. The molecule has 0 unspecified atom stereocenters. The van der Waals surface area contributed by atoms with Gasteiger partial charge in [0.15, 0.2) is 0 Å². The van der Waals surface area contributed by atoms with Gasteiger partial charge in [0.05, 0.1) is 5.56 Å². The number of thioether (sulfide) groups is 1. The number of nitrogens with zero attached hydrogens (tertiary/aromatic N) is 1. The summed E-state index contributed by atoms with van der Waals surface area (Å²) in [4.78, 5) is 3.07. The molecule has 0 aliphatic carbocycles. The molecule has 118 valence electrons. The zero-order chi connectivity index (χ0) is 15.3. The fourth-order valence-electron chi connectivity index (χ4n) is 2.51. The van der Waals surface area contributed by atoms with E-state index in [9.17, 15) is 13.2 Å². The first kappa shape index (κ1) is 16.6. The molecule has 0 atom stereocenters. The molecule has 1 aliphatic heterocycles. The molecule has 0 bridgehead atoms. The first-order valence-electron chi connectivity index (χ1n) is 7.26. The van der Waals surface area contributed by atoms with E-state index in [1.165, 1.54) is 36.7 Å². The Morgan fingerprint density at radius 1 is 1.19 bits per heavy atom. The molecular formula is C15H21F3N2S. The highest BCUT2D eigenvalue weighted by atomic mass is 32.2. The minimum atomic E-state index is -4.29. The monoisotopic (exact) mass is 318 g/mol. The summed E-state index contributed by atoms with van der Waals surface area (Å²) < 4.78 is 38.2. The Bertz CT molecular complexity index is 457. The second-order valence-corrected chi connectivity index (χ2v) is 6.41. The molecule has 21 heavy (non-hydrogen) atoms. The maximum Gasteiger partial charge on any atom is 0.416 e. The Morgan fingerprint density at radius 3 is 2.52 bits per heavy atom. The number of hydrogen-bond donors (Lipinski definition) is 1. The van der Waals surface area contributed by atoms with Crippen molar-refractivity contribution in [3.63, 3.8) is 0 Å². The van der Waals surface area contributed by atoms with Crippen LogP contribution in [0, 0.1) is 0 Å². The number of likely N-dealkylation sites (tertiary alicyclic amines) is 1. The highest BCUT2D eigenvalue weighted by molar-refractivity contribution is 7.99. The molecule has 1 heterocycles. The van der Waals surface area contributed by atoms with Crippen LogP contribution in [0.3, 0.4) is 0 Å². The fraction of sp³-hybridized carbons (Fsp3) is 0.600. The third-order valence-electron chi connectivity index (χ3n) is 3.69. The Labute approximate surface area is 127 Å². The van der Waals surface area contributed by atoms with Crippen LogP contribution in [0.4, 0.5) is 13.2 Å². The maximum absolute atomic E-state index is 12.7. The fourth-order valence-corrected chi connectivity index (χ4v) is 3.55. The average Bonchev–Trinajstić information content (AvgIpc) is 2.95. The van der Waals surface area contributed by atoms with Crippen LogP contribution in [0.15, 0.2) is 23.1 Å². The smallest absolute Gasteiger partial charge is 0.326 e. The first-order chi connectivity index (χ1) is 10.0. The van der Waals surface area contributed by atoms with Crippen LogP contribution in [0.1, 0.15) is 30.4 Å². The highest BCUT2D eigenvalue weighted by Crippen LogP contribution is 2.33. The van der Waals surface area contributed by atoms with E-state index < -0.39 is 11.7 Å². The van der Waals surface area contributed by atoms with Gasteiger partial charge in [-0.3, -0.25) is 0 Å². The summed E-state index contributed by atoms with van der Waals surface area (Å²) >= 11 is 1.48. The van der Waals surface area contributed by atoms with Crippen molar-refractivity contribution in [1.82, 2.24) is 4.90 Å². The van der Waals surface area contributed by atoms with Crippen LogP contribution < -0.4 is 5.73 Å². The van der Waals surface area contributed by atoms with Gasteiger partial charge in [0, 0.05) is 11.4 Å². The van der Waals surface area contributed by atoms with E-state index in [1.807, 2.05) is 0 Å². The summed E-state index contributed by atoms with van der Waals surface area (Å²) in [5.41, 5.74) is 5.80. The first-order valence-corrected chi connectivity index (χ1v) is 8.24. The third kappa shape index (κ3) is 4.90. The van der Waals surface area contributed by atoms with Crippen LogP contribution >= 0.6 is 11.8 Å². The molecule has 2 nitrogen and oxygen atoms in total. The number of halogens is 3. The van der Waals surface area contributed by atoms with Gasteiger partial charge in [-0.25, -0.2) is 0 Å². The lowest BCUT2D eigenvalue weighted by molar-refractivity contribution is -0.137. The second kappa shape index (κ2) is 7.51. The third-order valence-corrected chi connectivity index (χ3v) is 4.87. The van der Waals surface area contributed by atoms with Gasteiger partial charge >= 0.3 is 6.18 Å². The van der Waals surface area contributed by atoms with Crippen molar-refractivity contribution in [3.8, 4) is 0 Å². The van der Waals surface area contributed by atoms with Crippen LogP contribution in [0.5, 0.6) is 0 Å². The van der Waals surface area contributed by atoms with E-state index in [-0.39, 0.29) is 6.54 Å². The topological polar surface area (TPSA) is 29.3 Å². The Kier molecular flexibility index (Phi) is 5.96. The van der Waals surface area contributed by atoms with Crippen molar-refractivity contribution in [2.45, 2.75) is 36.9 Å². The van der Waals surface area contributed by atoms with Crippen molar-refractivity contribution < 1.29 is 13.2 Å². The molecular weight excluding hydrogens is 297 g/mol. The number of alkyl halides is 3. The van der Waals surface area contributed by atoms with E-state index in [0.717, 1.165) is 43.4 Å². The molecule has 1 aromatic rings. The van der Waals surface area contributed by atoms with Gasteiger partial charge in [-0.2, -0.15) is 13.2 Å². The second-order valence-electron chi connectivity index (χ2n) is 5.28. The maximum atomic E-state index is 12.7. The molecule has 2 N–H and O–H groups in total. The zero-order valence-electron chi connectivity index (χ0n) is 12.0. The van der Waals surface area contributed by atoms with Crippen LogP contribution in [-0.4, -0.2) is 30.3 Å². The van der Waals surface area contributed by atoms with Gasteiger partial charge in [-0.15, -0.1) is 11.8 Å². The normalized spacial score (nSPS) is 16.6. The lowest BCUT2D eigenvalue weighted by atomic mass is 10.1. The molecule has 0 saturated carbocycles. The van der Waals surface area contributed by atoms with Gasteiger partial charge in [0.1, 0.15) is 0 Å². The summed E-state index contributed by atoms with van der Waals surface area (Å²) in [5.74, 6) is 0.824. The Morgan fingerprint density at radius 2 is 1.90 bits per heavy atom. The molecule has 0 amide bonds. The summed E-state index contributed by atoms with van der Waals surface area (Å²) in [5, 5.41) is 0. The van der Waals surface area contributed by atoms with Gasteiger partial charge in [0.2, 0.25) is 0 Å². The molecule has 0 aromatic heterocycles. The van der Waals surface area contributed by atoms with Crippen molar-refractivity contribution >= 4 is 11.8 Å². The van der Waals surface area contributed by atoms with Gasteiger partial charge in [0.25, 0.3) is 0 Å². The number of nitrogens with two attached hydrogens (primary N) is 1. The summed E-state index contributed by atoms with van der Waals surface area (Å²) in [6.45, 7) is 3.61. The predicted octanol–water partition coefficient (Wildman–Crippen LogP) is 3.74. The van der Waals surface area contributed by atoms with Crippen LogP contribution in [0.2, 0.25) is 0 Å². The quantitative estimate of drug-likeness (QED) is 0.640. The van der Waals surface area contributed by atoms with Crippen molar-refractivity contribution in [1.29, 1.82) is 0 Å². The largest absolute Gasteiger partial charge is 0.416 e. The van der Waals surface area contributed by atoms with Crippen molar-refractivity contribution in [2.75, 3.05) is 25.4 Å². The predicted molar refractivity (Wildman–Crippen MR) is 80.4 cm³/mol. The summed E-state index contributed by atoms with van der Waals surface area (Å²) in [6.07, 6.45) is -0.779. The van der Waals surface area contributed by atoms with Crippen molar-refractivity contribution in [2.24, 2.45) is 5.73 Å². The SMILES string of the molecule is NCc1ccc(C(F)(F)F)cc1SCCCN1CCCC1. The molecule has 6 heteroatoms. The summed E-state index contributed by atoms with van der Waals surface area (Å²) in [7, 11) is 0. The minimum absolute atomic E-state index is 0.270. The minimum Gasteiger partial charge on any atom is -0.326 e. The molecule has 1 fully saturated rings. The van der Waals surface area contributed by atoms with E-state index in [4.69, 9.17) is 5.73 Å². The molecule has 1 aromatic carbocycles.